The van der Waals surface area contributed by atoms with Crippen molar-refractivity contribution < 1.29 is 0 Å². The Morgan fingerprint density at radius 1 is 1.54 bits per heavy atom. The van der Waals surface area contributed by atoms with Crippen molar-refractivity contribution in [1.29, 1.82) is 0 Å². The third-order valence-electron chi connectivity index (χ3n) is 2.88. The molecular formula is C9H16N4. The van der Waals surface area contributed by atoms with Crippen LogP contribution < -0.4 is 5.32 Å². The van der Waals surface area contributed by atoms with Gasteiger partial charge in [0.2, 0.25) is 0 Å². The number of rotatable bonds is 2. The van der Waals surface area contributed by atoms with E-state index in [4.69, 9.17) is 0 Å². The van der Waals surface area contributed by atoms with Crippen LogP contribution in [0, 0.1) is 0 Å². The summed E-state index contributed by atoms with van der Waals surface area (Å²) in [5.74, 6) is 0.617. The zero-order chi connectivity index (χ0) is 9.26. The Kier molecular flexibility index (Phi) is 2.31. The van der Waals surface area contributed by atoms with Gasteiger partial charge in [-0.05, 0) is 26.3 Å². The standard InChI is InChI=1S/C9H16N4/c1-10-8-4-3-7(5-8)9-6-11-13(2)12-9/h6-8,10H,3-5H2,1-2H3. The van der Waals surface area contributed by atoms with Crippen LogP contribution in [0.25, 0.3) is 0 Å². The summed E-state index contributed by atoms with van der Waals surface area (Å²) >= 11 is 0. The minimum Gasteiger partial charge on any atom is -0.317 e. The van der Waals surface area contributed by atoms with Gasteiger partial charge in [0.15, 0.2) is 0 Å². The third-order valence-corrected chi connectivity index (χ3v) is 2.88. The maximum absolute atomic E-state index is 4.34. The van der Waals surface area contributed by atoms with Gasteiger partial charge in [0.25, 0.3) is 0 Å². The van der Waals surface area contributed by atoms with E-state index in [-0.39, 0.29) is 0 Å². The average Bonchev–Trinajstić information content (AvgIpc) is 2.71. The van der Waals surface area contributed by atoms with Crippen molar-refractivity contribution in [3.05, 3.63) is 11.9 Å². The lowest BCUT2D eigenvalue weighted by Gasteiger charge is -2.07. The second kappa shape index (κ2) is 3.46. The van der Waals surface area contributed by atoms with Crippen LogP contribution in [0.1, 0.15) is 30.9 Å². The molecular weight excluding hydrogens is 164 g/mol. The zero-order valence-corrected chi connectivity index (χ0v) is 8.20. The molecule has 0 spiro atoms. The SMILES string of the molecule is CNC1CCC(c2cnn(C)n2)C1. The number of aromatic nitrogens is 3. The van der Waals surface area contributed by atoms with Gasteiger partial charge in [-0.25, -0.2) is 0 Å². The molecule has 1 heterocycles. The van der Waals surface area contributed by atoms with E-state index in [0.29, 0.717) is 12.0 Å². The first-order valence-electron chi connectivity index (χ1n) is 4.83. The van der Waals surface area contributed by atoms with Gasteiger partial charge in [0, 0.05) is 19.0 Å². The largest absolute Gasteiger partial charge is 0.317 e. The first kappa shape index (κ1) is 8.69. The monoisotopic (exact) mass is 180 g/mol. The van der Waals surface area contributed by atoms with Gasteiger partial charge < -0.3 is 5.32 Å². The van der Waals surface area contributed by atoms with Crippen LogP contribution >= 0.6 is 0 Å². The van der Waals surface area contributed by atoms with E-state index in [0.717, 1.165) is 5.69 Å². The molecule has 0 aliphatic heterocycles. The fraction of sp³-hybridized carbons (Fsp3) is 0.778. The highest BCUT2D eigenvalue weighted by molar-refractivity contribution is 5.05. The molecule has 0 radical (unpaired) electrons. The molecule has 0 aromatic carbocycles. The molecule has 1 aliphatic carbocycles. The van der Waals surface area contributed by atoms with Gasteiger partial charge in [0.05, 0.1) is 11.9 Å². The average molecular weight is 180 g/mol. The number of nitrogens with zero attached hydrogens (tertiary/aromatic N) is 3. The zero-order valence-electron chi connectivity index (χ0n) is 8.20. The number of hydrogen-bond acceptors (Lipinski definition) is 3. The molecule has 2 unspecified atom stereocenters. The van der Waals surface area contributed by atoms with Crippen LogP contribution in [0.15, 0.2) is 6.20 Å². The lowest BCUT2D eigenvalue weighted by molar-refractivity contribution is 0.564. The van der Waals surface area contributed by atoms with Crippen LogP contribution in [-0.4, -0.2) is 28.1 Å². The smallest absolute Gasteiger partial charge is 0.0858 e. The second-order valence-corrected chi connectivity index (χ2v) is 3.75. The van der Waals surface area contributed by atoms with E-state index in [2.05, 4.69) is 15.5 Å². The Bertz CT molecular complexity index is 281. The van der Waals surface area contributed by atoms with Gasteiger partial charge >= 0.3 is 0 Å². The van der Waals surface area contributed by atoms with Crippen LogP contribution in [-0.2, 0) is 7.05 Å². The summed E-state index contributed by atoms with van der Waals surface area (Å²) in [5, 5.41) is 11.8. The molecule has 13 heavy (non-hydrogen) atoms. The van der Waals surface area contributed by atoms with Gasteiger partial charge in [-0.3, -0.25) is 0 Å². The molecule has 4 heteroatoms. The molecule has 1 aliphatic rings. The molecule has 1 fully saturated rings. The van der Waals surface area contributed by atoms with E-state index in [1.807, 2.05) is 20.3 Å². The molecule has 1 aromatic rings. The highest BCUT2D eigenvalue weighted by Crippen LogP contribution is 2.32. The molecule has 0 amide bonds. The molecule has 0 saturated heterocycles. The fourth-order valence-corrected chi connectivity index (χ4v) is 2.06. The summed E-state index contributed by atoms with van der Waals surface area (Å²) in [6.07, 6.45) is 5.60. The van der Waals surface area contributed by atoms with E-state index < -0.39 is 0 Å². The predicted octanol–water partition coefficient (Wildman–Crippen LogP) is 0.671. The number of hydrogen-bond donors (Lipinski definition) is 1. The lowest BCUT2D eigenvalue weighted by atomic mass is 10.1. The van der Waals surface area contributed by atoms with Gasteiger partial charge in [-0.15, -0.1) is 0 Å². The van der Waals surface area contributed by atoms with Crippen molar-refractivity contribution in [3.8, 4) is 0 Å². The Balaban J connectivity index is 2.03. The maximum atomic E-state index is 4.34. The summed E-state index contributed by atoms with van der Waals surface area (Å²) in [7, 11) is 3.90. The summed E-state index contributed by atoms with van der Waals surface area (Å²) in [6, 6.07) is 0.673. The third kappa shape index (κ3) is 1.72. The highest BCUT2D eigenvalue weighted by atomic mass is 15.4. The summed E-state index contributed by atoms with van der Waals surface area (Å²) in [5.41, 5.74) is 1.15. The highest BCUT2D eigenvalue weighted by Gasteiger charge is 2.26. The van der Waals surface area contributed by atoms with Crippen LogP contribution in [0.4, 0.5) is 0 Å². The first-order valence-corrected chi connectivity index (χ1v) is 4.83. The minimum absolute atomic E-state index is 0.617. The quantitative estimate of drug-likeness (QED) is 0.727. The van der Waals surface area contributed by atoms with E-state index >= 15 is 0 Å². The molecule has 72 valence electrons. The van der Waals surface area contributed by atoms with Crippen molar-refractivity contribution in [3.63, 3.8) is 0 Å². The summed E-state index contributed by atoms with van der Waals surface area (Å²) < 4.78 is 0. The molecule has 4 nitrogen and oxygen atoms in total. The minimum atomic E-state index is 0.617. The van der Waals surface area contributed by atoms with E-state index in [1.165, 1.54) is 19.3 Å². The Morgan fingerprint density at radius 2 is 2.38 bits per heavy atom. The van der Waals surface area contributed by atoms with Crippen molar-refractivity contribution in [2.24, 2.45) is 7.05 Å². The predicted molar refractivity (Wildman–Crippen MR) is 50.4 cm³/mol. The molecule has 0 bridgehead atoms. The molecule has 1 saturated carbocycles. The van der Waals surface area contributed by atoms with Crippen molar-refractivity contribution in [2.75, 3.05) is 7.05 Å². The molecule has 2 rings (SSSR count). The van der Waals surface area contributed by atoms with Crippen LogP contribution in [0.5, 0.6) is 0 Å². The Morgan fingerprint density at radius 3 is 2.92 bits per heavy atom. The van der Waals surface area contributed by atoms with E-state index in [9.17, 15) is 0 Å². The van der Waals surface area contributed by atoms with Gasteiger partial charge in [-0.2, -0.15) is 15.0 Å². The van der Waals surface area contributed by atoms with Crippen LogP contribution in [0.3, 0.4) is 0 Å². The maximum Gasteiger partial charge on any atom is 0.0858 e. The topological polar surface area (TPSA) is 42.7 Å². The van der Waals surface area contributed by atoms with Crippen molar-refractivity contribution >= 4 is 0 Å². The molecule has 1 N–H and O–H groups in total. The van der Waals surface area contributed by atoms with E-state index in [1.54, 1.807) is 4.80 Å². The summed E-state index contributed by atoms with van der Waals surface area (Å²) in [4.78, 5) is 1.64. The Hall–Kier alpha value is -0.900. The first-order chi connectivity index (χ1) is 6.29. The molecule has 2 atom stereocenters. The molecule has 1 aromatic heterocycles. The van der Waals surface area contributed by atoms with Gasteiger partial charge in [-0.1, -0.05) is 0 Å². The van der Waals surface area contributed by atoms with Crippen molar-refractivity contribution in [1.82, 2.24) is 20.3 Å². The van der Waals surface area contributed by atoms with Crippen molar-refractivity contribution in [2.45, 2.75) is 31.2 Å². The second-order valence-electron chi connectivity index (χ2n) is 3.75. The van der Waals surface area contributed by atoms with Gasteiger partial charge in [0.1, 0.15) is 0 Å². The number of aryl methyl sites for hydroxylation is 1. The summed E-state index contributed by atoms with van der Waals surface area (Å²) in [6.45, 7) is 0. The Labute approximate surface area is 78.3 Å². The number of nitrogens with one attached hydrogen (secondary N) is 1. The normalized spacial score (nSPS) is 28.2. The lowest BCUT2D eigenvalue weighted by Crippen LogP contribution is -2.21. The fourth-order valence-electron chi connectivity index (χ4n) is 2.06. The van der Waals surface area contributed by atoms with Crippen LogP contribution in [0.2, 0.25) is 0 Å².